The maximum atomic E-state index is 11.2. The summed E-state index contributed by atoms with van der Waals surface area (Å²) in [5, 5.41) is 0. The number of hydrogen-bond donors (Lipinski definition) is 0. The molecule has 1 aromatic rings. The van der Waals surface area contributed by atoms with Crippen LogP contribution in [0.3, 0.4) is 0 Å². The van der Waals surface area contributed by atoms with Crippen molar-refractivity contribution in [1.29, 1.82) is 0 Å². The lowest BCUT2D eigenvalue weighted by Crippen LogP contribution is -2.22. The van der Waals surface area contributed by atoms with Gasteiger partial charge in [0.15, 0.2) is 0 Å². The molecule has 0 spiro atoms. The van der Waals surface area contributed by atoms with Gasteiger partial charge in [0.1, 0.15) is 0 Å². The summed E-state index contributed by atoms with van der Waals surface area (Å²) in [5.41, 5.74) is 1.22. The Bertz CT molecular complexity index is 327. The summed E-state index contributed by atoms with van der Waals surface area (Å²) in [6.45, 7) is 1.51. The molecule has 0 bridgehead atoms. The molecule has 0 radical (unpaired) electrons. The summed E-state index contributed by atoms with van der Waals surface area (Å²) in [7, 11) is -0.558. The van der Waals surface area contributed by atoms with Crippen molar-refractivity contribution >= 4 is 10.8 Å². The SMILES string of the molecule is O=S1CCC(COCc2ccccc2)CC1. The second-order valence-corrected chi connectivity index (χ2v) is 5.99. The van der Waals surface area contributed by atoms with Crippen molar-refractivity contribution in [2.75, 3.05) is 18.1 Å². The molecule has 1 aliphatic heterocycles. The van der Waals surface area contributed by atoms with E-state index in [4.69, 9.17) is 4.74 Å². The van der Waals surface area contributed by atoms with Gasteiger partial charge in [-0.25, -0.2) is 0 Å². The van der Waals surface area contributed by atoms with E-state index in [0.29, 0.717) is 12.5 Å². The zero-order valence-corrected chi connectivity index (χ0v) is 10.2. The molecule has 0 amide bonds. The molecule has 1 aliphatic rings. The van der Waals surface area contributed by atoms with E-state index in [1.807, 2.05) is 18.2 Å². The normalized spacial score (nSPS) is 25.5. The zero-order valence-electron chi connectivity index (χ0n) is 9.43. The van der Waals surface area contributed by atoms with E-state index in [9.17, 15) is 4.21 Å². The van der Waals surface area contributed by atoms with Crippen molar-refractivity contribution in [3.63, 3.8) is 0 Å². The fraction of sp³-hybridized carbons (Fsp3) is 0.538. The van der Waals surface area contributed by atoms with E-state index in [1.54, 1.807) is 0 Å². The Kier molecular flexibility index (Phi) is 4.55. The predicted octanol–water partition coefficient (Wildman–Crippen LogP) is 2.36. The third-order valence-electron chi connectivity index (χ3n) is 2.97. The van der Waals surface area contributed by atoms with Crippen molar-refractivity contribution in [3.05, 3.63) is 35.9 Å². The Morgan fingerprint density at radius 1 is 1.19 bits per heavy atom. The van der Waals surface area contributed by atoms with Gasteiger partial charge < -0.3 is 4.74 Å². The van der Waals surface area contributed by atoms with E-state index in [1.165, 1.54) is 5.56 Å². The molecule has 1 saturated heterocycles. The van der Waals surface area contributed by atoms with Gasteiger partial charge in [-0.3, -0.25) is 4.21 Å². The molecule has 1 heterocycles. The van der Waals surface area contributed by atoms with Gasteiger partial charge in [-0.15, -0.1) is 0 Å². The van der Waals surface area contributed by atoms with E-state index >= 15 is 0 Å². The summed E-state index contributed by atoms with van der Waals surface area (Å²) in [6.07, 6.45) is 2.11. The van der Waals surface area contributed by atoms with Crippen LogP contribution in [0.2, 0.25) is 0 Å². The van der Waals surface area contributed by atoms with Crippen LogP contribution in [0.5, 0.6) is 0 Å². The van der Waals surface area contributed by atoms with Crippen LogP contribution in [0.15, 0.2) is 30.3 Å². The molecular weight excluding hydrogens is 220 g/mol. The highest BCUT2D eigenvalue weighted by Crippen LogP contribution is 2.17. The van der Waals surface area contributed by atoms with Crippen LogP contribution in [-0.2, 0) is 22.1 Å². The highest BCUT2D eigenvalue weighted by atomic mass is 32.2. The summed E-state index contributed by atoms with van der Waals surface area (Å²) < 4.78 is 16.9. The summed E-state index contributed by atoms with van der Waals surface area (Å²) in [4.78, 5) is 0. The van der Waals surface area contributed by atoms with Gasteiger partial charge in [-0.2, -0.15) is 0 Å². The van der Waals surface area contributed by atoms with E-state index in [2.05, 4.69) is 12.1 Å². The highest BCUT2D eigenvalue weighted by Gasteiger charge is 2.17. The standard InChI is InChI=1S/C13H18O2S/c14-16-8-6-13(7-9-16)11-15-10-12-4-2-1-3-5-12/h1-5,13H,6-11H2. The Morgan fingerprint density at radius 3 is 2.56 bits per heavy atom. The molecule has 3 heteroatoms. The smallest absolute Gasteiger partial charge is 0.0717 e. The molecule has 88 valence electrons. The molecule has 0 saturated carbocycles. The monoisotopic (exact) mass is 238 g/mol. The van der Waals surface area contributed by atoms with Crippen LogP contribution in [0.1, 0.15) is 18.4 Å². The first-order valence-electron chi connectivity index (χ1n) is 5.81. The van der Waals surface area contributed by atoms with Crippen LogP contribution in [-0.4, -0.2) is 22.3 Å². The van der Waals surface area contributed by atoms with E-state index in [0.717, 1.165) is 31.0 Å². The van der Waals surface area contributed by atoms with Crippen LogP contribution < -0.4 is 0 Å². The highest BCUT2D eigenvalue weighted by molar-refractivity contribution is 7.85. The van der Waals surface area contributed by atoms with Gasteiger partial charge >= 0.3 is 0 Å². The molecule has 0 atom stereocenters. The largest absolute Gasteiger partial charge is 0.376 e. The fourth-order valence-electron chi connectivity index (χ4n) is 1.93. The van der Waals surface area contributed by atoms with Crippen molar-refractivity contribution in [2.45, 2.75) is 19.4 Å². The van der Waals surface area contributed by atoms with Crippen molar-refractivity contribution in [2.24, 2.45) is 5.92 Å². The molecule has 2 nitrogen and oxygen atoms in total. The Hall–Kier alpha value is -0.670. The maximum Gasteiger partial charge on any atom is 0.0717 e. The lowest BCUT2D eigenvalue weighted by Gasteiger charge is -2.21. The fourth-order valence-corrected chi connectivity index (χ4v) is 3.32. The Balaban J connectivity index is 1.67. The molecule has 0 N–H and O–H groups in total. The van der Waals surface area contributed by atoms with Crippen molar-refractivity contribution in [1.82, 2.24) is 0 Å². The summed E-state index contributed by atoms with van der Waals surface area (Å²) >= 11 is 0. The second kappa shape index (κ2) is 6.16. The number of hydrogen-bond acceptors (Lipinski definition) is 2. The van der Waals surface area contributed by atoms with Gasteiger partial charge in [0.05, 0.1) is 6.61 Å². The number of ether oxygens (including phenoxy) is 1. The molecule has 1 aromatic carbocycles. The first-order chi connectivity index (χ1) is 7.84. The predicted molar refractivity (Wildman–Crippen MR) is 66.7 cm³/mol. The van der Waals surface area contributed by atoms with Gasteiger partial charge in [0, 0.05) is 28.9 Å². The third kappa shape index (κ3) is 3.72. The van der Waals surface area contributed by atoms with Crippen LogP contribution in [0.25, 0.3) is 0 Å². The van der Waals surface area contributed by atoms with Gasteiger partial charge in [-0.05, 0) is 24.3 Å². The molecule has 16 heavy (non-hydrogen) atoms. The van der Waals surface area contributed by atoms with Crippen LogP contribution in [0.4, 0.5) is 0 Å². The van der Waals surface area contributed by atoms with E-state index in [-0.39, 0.29) is 0 Å². The molecule has 0 unspecified atom stereocenters. The average molecular weight is 238 g/mol. The van der Waals surface area contributed by atoms with Gasteiger partial charge in [0.25, 0.3) is 0 Å². The Labute approximate surface area is 99.5 Å². The lowest BCUT2D eigenvalue weighted by atomic mass is 10.0. The minimum Gasteiger partial charge on any atom is -0.376 e. The first kappa shape index (κ1) is 11.8. The Morgan fingerprint density at radius 2 is 1.88 bits per heavy atom. The second-order valence-electron chi connectivity index (χ2n) is 4.29. The van der Waals surface area contributed by atoms with Crippen molar-refractivity contribution < 1.29 is 8.95 Å². The minimum atomic E-state index is -0.558. The molecule has 2 rings (SSSR count). The average Bonchev–Trinajstić information content (AvgIpc) is 2.33. The van der Waals surface area contributed by atoms with Crippen LogP contribution in [0, 0.1) is 5.92 Å². The van der Waals surface area contributed by atoms with Crippen molar-refractivity contribution in [3.8, 4) is 0 Å². The van der Waals surface area contributed by atoms with E-state index < -0.39 is 10.8 Å². The summed E-state index contributed by atoms with van der Waals surface area (Å²) in [5.74, 6) is 2.33. The number of rotatable bonds is 4. The maximum absolute atomic E-state index is 11.2. The zero-order chi connectivity index (χ0) is 11.2. The quantitative estimate of drug-likeness (QED) is 0.805. The molecule has 1 fully saturated rings. The topological polar surface area (TPSA) is 26.3 Å². The lowest BCUT2D eigenvalue weighted by molar-refractivity contribution is 0.0839. The first-order valence-corrected chi connectivity index (χ1v) is 7.30. The number of benzene rings is 1. The molecular formula is C13H18O2S. The van der Waals surface area contributed by atoms with Gasteiger partial charge in [-0.1, -0.05) is 30.3 Å². The molecule has 0 aliphatic carbocycles. The van der Waals surface area contributed by atoms with Gasteiger partial charge in [0.2, 0.25) is 0 Å². The molecule has 0 aromatic heterocycles. The summed E-state index contributed by atoms with van der Waals surface area (Å²) in [6, 6.07) is 10.2. The minimum absolute atomic E-state index is 0.558. The van der Waals surface area contributed by atoms with Crippen LogP contribution >= 0.6 is 0 Å². The third-order valence-corrected chi connectivity index (χ3v) is 4.35.